The minimum absolute atomic E-state index is 0.180. The molecule has 0 heterocycles. The smallest absolute Gasteiger partial charge is 0.159 e. The summed E-state index contributed by atoms with van der Waals surface area (Å²) in [5.74, 6) is 0.650. The first kappa shape index (κ1) is 13.8. The van der Waals surface area contributed by atoms with E-state index in [1.165, 1.54) is 5.57 Å². The first-order valence-electron chi connectivity index (χ1n) is 6.85. The van der Waals surface area contributed by atoms with E-state index in [2.05, 4.69) is 6.92 Å². The van der Waals surface area contributed by atoms with Gasteiger partial charge in [0.15, 0.2) is 5.78 Å². The Morgan fingerprint density at radius 1 is 1.28 bits per heavy atom. The second kappa shape index (κ2) is 4.46. The maximum Gasteiger partial charge on any atom is 0.159 e. The molecule has 18 heavy (non-hydrogen) atoms. The Bertz CT molecular complexity index is 389. The quantitative estimate of drug-likeness (QED) is 0.751. The van der Waals surface area contributed by atoms with Gasteiger partial charge in [-0.05, 0) is 51.0 Å². The Kier molecular flexibility index (Phi) is 3.41. The zero-order chi connectivity index (χ0) is 13.7. The van der Waals surface area contributed by atoms with Crippen LogP contribution in [-0.4, -0.2) is 27.7 Å². The Morgan fingerprint density at radius 3 is 2.44 bits per heavy atom. The molecule has 0 saturated heterocycles. The SMILES string of the molecule is CC1=C2C[C@H](C(C)(C)O)[C@H](O)C[C@H](C)C2CC1=O. The molecular weight excluding hydrogens is 228 g/mol. The highest BCUT2D eigenvalue weighted by molar-refractivity contribution is 5.98. The second-order valence-electron chi connectivity index (χ2n) is 6.63. The number of aliphatic hydroxyl groups excluding tert-OH is 1. The maximum atomic E-state index is 11.9. The third-order valence-electron chi connectivity index (χ3n) is 4.86. The largest absolute Gasteiger partial charge is 0.393 e. The van der Waals surface area contributed by atoms with E-state index in [4.69, 9.17) is 0 Å². The Hall–Kier alpha value is -0.670. The van der Waals surface area contributed by atoms with E-state index in [0.29, 0.717) is 25.2 Å². The summed E-state index contributed by atoms with van der Waals surface area (Å²) in [7, 11) is 0. The Morgan fingerprint density at radius 2 is 1.89 bits per heavy atom. The Balaban J connectivity index is 2.37. The molecule has 0 bridgehead atoms. The minimum Gasteiger partial charge on any atom is -0.393 e. The summed E-state index contributed by atoms with van der Waals surface area (Å²) in [6.07, 6.45) is 1.43. The van der Waals surface area contributed by atoms with Crippen LogP contribution in [0.2, 0.25) is 0 Å². The van der Waals surface area contributed by atoms with Crippen molar-refractivity contribution in [3.05, 3.63) is 11.1 Å². The number of aliphatic hydroxyl groups is 2. The van der Waals surface area contributed by atoms with Crippen LogP contribution in [0, 0.1) is 17.8 Å². The van der Waals surface area contributed by atoms with Gasteiger partial charge in [0.2, 0.25) is 0 Å². The van der Waals surface area contributed by atoms with Crippen LogP contribution in [0.3, 0.4) is 0 Å². The lowest BCUT2D eigenvalue weighted by atomic mass is 9.81. The average molecular weight is 252 g/mol. The highest BCUT2D eigenvalue weighted by atomic mass is 16.3. The molecule has 0 aromatic carbocycles. The van der Waals surface area contributed by atoms with Gasteiger partial charge in [0.1, 0.15) is 0 Å². The number of hydrogen-bond acceptors (Lipinski definition) is 3. The number of fused-ring (bicyclic) bond motifs is 1. The molecule has 1 unspecified atom stereocenters. The molecule has 1 saturated carbocycles. The number of ketones is 1. The average Bonchev–Trinajstić information content (AvgIpc) is 2.43. The summed E-state index contributed by atoms with van der Waals surface area (Å²) in [4.78, 5) is 11.9. The van der Waals surface area contributed by atoms with E-state index in [-0.39, 0.29) is 17.6 Å². The number of hydrogen-bond donors (Lipinski definition) is 2. The lowest BCUT2D eigenvalue weighted by molar-refractivity contribution is -0.115. The molecule has 2 rings (SSSR count). The van der Waals surface area contributed by atoms with Gasteiger partial charge in [0.25, 0.3) is 0 Å². The molecule has 1 fully saturated rings. The zero-order valence-corrected chi connectivity index (χ0v) is 11.7. The molecular formula is C15H24O3. The molecule has 0 amide bonds. The van der Waals surface area contributed by atoms with Crippen LogP contribution in [0.4, 0.5) is 0 Å². The summed E-state index contributed by atoms with van der Waals surface area (Å²) in [5, 5.41) is 20.5. The summed E-state index contributed by atoms with van der Waals surface area (Å²) < 4.78 is 0. The van der Waals surface area contributed by atoms with Gasteiger partial charge < -0.3 is 10.2 Å². The van der Waals surface area contributed by atoms with Crippen LogP contribution in [0.15, 0.2) is 11.1 Å². The van der Waals surface area contributed by atoms with Crippen molar-refractivity contribution >= 4 is 5.78 Å². The number of carbonyl (C=O) groups excluding carboxylic acids is 1. The summed E-state index contributed by atoms with van der Waals surface area (Å²) in [6.45, 7) is 7.49. The molecule has 2 aliphatic carbocycles. The van der Waals surface area contributed by atoms with E-state index in [1.54, 1.807) is 13.8 Å². The predicted octanol–water partition coefficient (Wildman–Crippen LogP) is 2.07. The molecule has 3 heteroatoms. The van der Waals surface area contributed by atoms with Crippen LogP contribution in [0.5, 0.6) is 0 Å². The third-order valence-corrected chi connectivity index (χ3v) is 4.86. The van der Waals surface area contributed by atoms with Gasteiger partial charge >= 0.3 is 0 Å². The highest BCUT2D eigenvalue weighted by Crippen LogP contribution is 2.46. The van der Waals surface area contributed by atoms with Crippen LogP contribution >= 0.6 is 0 Å². The fraction of sp³-hybridized carbons (Fsp3) is 0.800. The molecule has 2 N–H and O–H groups in total. The number of rotatable bonds is 1. The van der Waals surface area contributed by atoms with Gasteiger partial charge in [-0.1, -0.05) is 12.5 Å². The fourth-order valence-corrected chi connectivity index (χ4v) is 3.59. The first-order valence-corrected chi connectivity index (χ1v) is 6.85. The normalized spacial score (nSPS) is 37.8. The van der Waals surface area contributed by atoms with Gasteiger partial charge in [0, 0.05) is 12.3 Å². The monoisotopic (exact) mass is 252 g/mol. The topological polar surface area (TPSA) is 57.5 Å². The van der Waals surface area contributed by atoms with Gasteiger partial charge in [-0.3, -0.25) is 4.79 Å². The van der Waals surface area contributed by atoms with Crippen molar-refractivity contribution in [2.24, 2.45) is 17.8 Å². The van der Waals surface area contributed by atoms with Crippen LogP contribution < -0.4 is 0 Å². The van der Waals surface area contributed by atoms with Crippen LogP contribution in [0.25, 0.3) is 0 Å². The van der Waals surface area contributed by atoms with Gasteiger partial charge in [-0.15, -0.1) is 0 Å². The van der Waals surface area contributed by atoms with Gasteiger partial charge in [-0.25, -0.2) is 0 Å². The number of carbonyl (C=O) groups is 1. The molecule has 0 radical (unpaired) electrons. The first-order chi connectivity index (χ1) is 8.21. The molecule has 2 aliphatic rings. The zero-order valence-electron chi connectivity index (χ0n) is 11.7. The number of Topliss-reactive ketones (excluding diaryl/α,β-unsaturated/α-hetero) is 1. The van der Waals surface area contributed by atoms with Gasteiger partial charge in [-0.2, -0.15) is 0 Å². The molecule has 4 atom stereocenters. The van der Waals surface area contributed by atoms with Crippen molar-refractivity contribution in [1.29, 1.82) is 0 Å². The molecule has 102 valence electrons. The molecule has 0 aromatic rings. The lowest BCUT2D eigenvalue weighted by Crippen LogP contribution is -2.39. The van der Waals surface area contributed by atoms with E-state index >= 15 is 0 Å². The van der Waals surface area contributed by atoms with Gasteiger partial charge in [0.05, 0.1) is 11.7 Å². The summed E-state index contributed by atoms with van der Waals surface area (Å²) >= 11 is 0. The van der Waals surface area contributed by atoms with E-state index in [0.717, 1.165) is 5.57 Å². The maximum absolute atomic E-state index is 11.9. The fourth-order valence-electron chi connectivity index (χ4n) is 3.59. The Labute approximate surface area is 109 Å². The lowest BCUT2D eigenvalue weighted by Gasteiger charge is -2.32. The second-order valence-corrected chi connectivity index (χ2v) is 6.63. The standard InChI is InChI=1S/C15H24O3/c1-8-5-14(17)12(15(3,4)18)6-11-9(2)13(16)7-10(8)11/h8,10,12,14,17-18H,5-7H2,1-4H3/t8-,10?,12-,14+/m0/s1. The van der Waals surface area contributed by atoms with E-state index in [1.807, 2.05) is 6.92 Å². The van der Waals surface area contributed by atoms with Crippen LogP contribution in [-0.2, 0) is 4.79 Å². The van der Waals surface area contributed by atoms with Crippen molar-refractivity contribution in [3.63, 3.8) is 0 Å². The predicted molar refractivity (Wildman–Crippen MR) is 70.0 cm³/mol. The van der Waals surface area contributed by atoms with Crippen molar-refractivity contribution in [3.8, 4) is 0 Å². The van der Waals surface area contributed by atoms with Crippen molar-refractivity contribution in [1.82, 2.24) is 0 Å². The summed E-state index contributed by atoms with van der Waals surface area (Å²) in [5.41, 5.74) is 1.14. The molecule has 0 aromatic heterocycles. The van der Waals surface area contributed by atoms with Crippen molar-refractivity contribution in [2.75, 3.05) is 0 Å². The molecule has 3 nitrogen and oxygen atoms in total. The molecule has 0 aliphatic heterocycles. The minimum atomic E-state index is -0.910. The third kappa shape index (κ3) is 2.26. The van der Waals surface area contributed by atoms with E-state index < -0.39 is 11.7 Å². The van der Waals surface area contributed by atoms with Crippen molar-refractivity contribution in [2.45, 2.75) is 58.7 Å². The van der Waals surface area contributed by atoms with E-state index in [9.17, 15) is 15.0 Å². The summed E-state index contributed by atoms with van der Waals surface area (Å²) in [6, 6.07) is 0. The van der Waals surface area contributed by atoms with Crippen LogP contribution in [0.1, 0.15) is 47.0 Å². The number of allylic oxidation sites excluding steroid dienone is 2. The molecule has 0 spiro atoms. The van der Waals surface area contributed by atoms with Crippen molar-refractivity contribution < 1.29 is 15.0 Å². The highest BCUT2D eigenvalue weighted by Gasteiger charge is 2.43.